The van der Waals surface area contributed by atoms with Gasteiger partial charge in [0.2, 0.25) is 5.89 Å². The first-order valence-corrected chi connectivity index (χ1v) is 6.34. The van der Waals surface area contributed by atoms with Crippen molar-refractivity contribution >= 4 is 0 Å². The van der Waals surface area contributed by atoms with E-state index in [0.29, 0.717) is 5.89 Å². The maximum absolute atomic E-state index is 4.94. The van der Waals surface area contributed by atoms with Crippen LogP contribution in [0.15, 0.2) is 16.9 Å². The average molecular weight is 248 g/mol. The Labute approximate surface area is 107 Å². The third-order valence-electron chi connectivity index (χ3n) is 3.23. The lowest BCUT2D eigenvalue weighted by molar-refractivity contribution is 0.375. The Kier molecular flexibility index (Phi) is 4.15. The zero-order valence-electron chi connectivity index (χ0n) is 11.2. The summed E-state index contributed by atoms with van der Waals surface area (Å²) in [5, 5.41) is 6.99. The van der Waals surface area contributed by atoms with E-state index in [1.807, 2.05) is 0 Å². The van der Waals surface area contributed by atoms with Crippen LogP contribution in [0.25, 0.3) is 0 Å². The molecule has 0 aliphatic carbocycles. The SMILES string of the molecule is CCn1c(C)cc(CNCCc2ncno2)c1C. The summed E-state index contributed by atoms with van der Waals surface area (Å²) >= 11 is 0. The van der Waals surface area contributed by atoms with Crippen LogP contribution in [-0.2, 0) is 19.5 Å². The zero-order chi connectivity index (χ0) is 13.0. The van der Waals surface area contributed by atoms with Gasteiger partial charge in [-0.3, -0.25) is 0 Å². The fourth-order valence-corrected chi connectivity index (χ4v) is 2.26. The highest BCUT2D eigenvalue weighted by Crippen LogP contribution is 2.14. The van der Waals surface area contributed by atoms with Crippen molar-refractivity contribution in [1.82, 2.24) is 20.0 Å². The summed E-state index contributed by atoms with van der Waals surface area (Å²) in [7, 11) is 0. The Balaban J connectivity index is 1.83. The van der Waals surface area contributed by atoms with E-state index < -0.39 is 0 Å². The summed E-state index contributed by atoms with van der Waals surface area (Å²) in [6.45, 7) is 9.25. The van der Waals surface area contributed by atoms with Crippen molar-refractivity contribution in [2.75, 3.05) is 6.54 Å². The van der Waals surface area contributed by atoms with Crippen molar-refractivity contribution in [3.63, 3.8) is 0 Å². The quantitative estimate of drug-likeness (QED) is 0.793. The number of aromatic nitrogens is 3. The van der Waals surface area contributed by atoms with Crippen molar-refractivity contribution < 1.29 is 4.52 Å². The van der Waals surface area contributed by atoms with E-state index in [9.17, 15) is 0 Å². The topological polar surface area (TPSA) is 55.9 Å². The Bertz CT molecular complexity index is 487. The van der Waals surface area contributed by atoms with Gasteiger partial charge in [-0.15, -0.1) is 0 Å². The molecule has 0 radical (unpaired) electrons. The van der Waals surface area contributed by atoms with Crippen molar-refractivity contribution in [3.05, 3.63) is 35.2 Å². The first kappa shape index (κ1) is 12.8. The largest absolute Gasteiger partial charge is 0.349 e. The predicted octanol–water partition coefficient (Wildman–Crippen LogP) is 1.84. The summed E-state index contributed by atoms with van der Waals surface area (Å²) in [5.41, 5.74) is 4.03. The van der Waals surface area contributed by atoms with Crippen LogP contribution in [0.4, 0.5) is 0 Å². The average Bonchev–Trinajstić information content (AvgIpc) is 2.94. The maximum Gasteiger partial charge on any atom is 0.227 e. The molecule has 2 rings (SSSR count). The Morgan fingerprint density at radius 3 is 2.83 bits per heavy atom. The molecule has 5 heteroatoms. The number of rotatable bonds is 6. The number of aryl methyl sites for hydroxylation is 1. The lowest BCUT2D eigenvalue weighted by Gasteiger charge is -2.06. The van der Waals surface area contributed by atoms with Gasteiger partial charge in [-0.05, 0) is 32.4 Å². The predicted molar refractivity (Wildman–Crippen MR) is 69.3 cm³/mol. The van der Waals surface area contributed by atoms with Crippen LogP contribution >= 0.6 is 0 Å². The highest BCUT2D eigenvalue weighted by molar-refractivity contribution is 5.26. The molecule has 0 saturated carbocycles. The summed E-state index contributed by atoms with van der Waals surface area (Å²) < 4.78 is 7.27. The Hall–Kier alpha value is -1.62. The van der Waals surface area contributed by atoms with Crippen LogP contribution in [0, 0.1) is 13.8 Å². The molecule has 0 amide bonds. The van der Waals surface area contributed by atoms with Gasteiger partial charge in [-0.1, -0.05) is 5.16 Å². The van der Waals surface area contributed by atoms with E-state index in [1.54, 1.807) is 0 Å². The van der Waals surface area contributed by atoms with Crippen LogP contribution in [0.5, 0.6) is 0 Å². The molecule has 0 atom stereocenters. The van der Waals surface area contributed by atoms with Crippen LogP contribution in [0.3, 0.4) is 0 Å². The highest BCUT2D eigenvalue weighted by atomic mass is 16.5. The second-order valence-corrected chi connectivity index (χ2v) is 4.40. The lowest BCUT2D eigenvalue weighted by Crippen LogP contribution is -2.17. The molecule has 0 spiro atoms. The normalized spacial score (nSPS) is 11.1. The van der Waals surface area contributed by atoms with Crippen molar-refractivity contribution in [3.8, 4) is 0 Å². The molecule has 0 bridgehead atoms. The molecule has 0 fully saturated rings. The van der Waals surface area contributed by atoms with E-state index in [1.165, 1.54) is 23.3 Å². The molecule has 5 nitrogen and oxygen atoms in total. The van der Waals surface area contributed by atoms with Gasteiger partial charge >= 0.3 is 0 Å². The van der Waals surface area contributed by atoms with Gasteiger partial charge in [0.25, 0.3) is 0 Å². The minimum Gasteiger partial charge on any atom is -0.349 e. The van der Waals surface area contributed by atoms with Gasteiger partial charge < -0.3 is 14.4 Å². The summed E-state index contributed by atoms with van der Waals surface area (Å²) in [6, 6.07) is 2.25. The first-order chi connectivity index (χ1) is 8.72. The second-order valence-electron chi connectivity index (χ2n) is 4.40. The first-order valence-electron chi connectivity index (χ1n) is 6.34. The zero-order valence-corrected chi connectivity index (χ0v) is 11.2. The molecule has 0 aliphatic heterocycles. The standard InChI is InChI=1S/C13H20N4O/c1-4-17-10(2)7-12(11(17)3)8-14-6-5-13-15-9-16-18-13/h7,9,14H,4-6,8H2,1-3H3. The van der Waals surface area contributed by atoms with E-state index in [0.717, 1.165) is 26.1 Å². The molecule has 1 N–H and O–H groups in total. The molecule has 0 saturated heterocycles. The van der Waals surface area contributed by atoms with Crippen LogP contribution < -0.4 is 5.32 Å². The number of hydrogen-bond donors (Lipinski definition) is 1. The molecule has 0 unspecified atom stereocenters. The van der Waals surface area contributed by atoms with Gasteiger partial charge in [0, 0.05) is 37.4 Å². The van der Waals surface area contributed by atoms with Gasteiger partial charge in [-0.2, -0.15) is 4.98 Å². The molecule has 0 aromatic carbocycles. The van der Waals surface area contributed by atoms with Crippen molar-refractivity contribution in [1.29, 1.82) is 0 Å². The molecular formula is C13H20N4O. The Morgan fingerprint density at radius 1 is 1.39 bits per heavy atom. The van der Waals surface area contributed by atoms with E-state index in [4.69, 9.17) is 4.52 Å². The van der Waals surface area contributed by atoms with Crippen LogP contribution in [0.1, 0.15) is 29.8 Å². The molecule has 0 aliphatic rings. The van der Waals surface area contributed by atoms with Gasteiger partial charge in [-0.25, -0.2) is 0 Å². The maximum atomic E-state index is 4.94. The van der Waals surface area contributed by atoms with E-state index >= 15 is 0 Å². The minimum atomic E-state index is 0.682. The number of nitrogens with zero attached hydrogens (tertiary/aromatic N) is 3. The fraction of sp³-hybridized carbons (Fsp3) is 0.538. The van der Waals surface area contributed by atoms with Crippen LogP contribution in [0.2, 0.25) is 0 Å². The van der Waals surface area contributed by atoms with Gasteiger partial charge in [0.15, 0.2) is 6.33 Å². The third kappa shape index (κ3) is 2.79. The Morgan fingerprint density at radius 2 is 2.22 bits per heavy atom. The van der Waals surface area contributed by atoms with E-state index in [2.05, 4.69) is 46.9 Å². The molecule has 2 aromatic heterocycles. The number of hydrogen-bond acceptors (Lipinski definition) is 4. The molecule has 18 heavy (non-hydrogen) atoms. The number of nitrogens with one attached hydrogen (secondary N) is 1. The second kappa shape index (κ2) is 5.82. The molecule has 2 heterocycles. The summed E-state index contributed by atoms with van der Waals surface area (Å²) in [6.07, 6.45) is 2.21. The molecular weight excluding hydrogens is 228 g/mol. The molecule has 98 valence electrons. The van der Waals surface area contributed by atoms with E-state index in [-0.39, 0.29) is 0 Å². The van der Waals surface area contributed by atoms with Crippen molar-refractivity contribution in [2.45, 2.75) is 40.3 Å². The molecule has 2 aromatic rings. The minimum absolute atomic E-state index is 0.682. The van der Waals surface area contributed by atoms with Gasteiger partial charge in [0.1, 0.15) is 0 Å². The summed E-state index contributed by atoms with van der Waals surface area (Å²) in [5.74, 6) is 0.682. The lowest BCUT2D eigenvalue weighted by atomic mass is 10.2. The van der Waals surface area contributed by atoms with Gasteiger partial charge in [0.05, 0.1) is 0 Å². The monoisotopic (exact) mass is 248 g/mol. The summed E-state index contributed by atoms with van der Waals surface area (Å²) in [4.78, 5) is 3.99. The van der Waals surface area contributed by atoms with Crippen LogP contribution in [-0.4, -0.2) is 21.3 Å². The fourth-order valence-electron chi connectivity index (χ4n) is 2.26. The van der Waals surface area contributed by atoms with Crippen molar-refractivity contribution in [2.24, 2.45) is 0 Å². The highest BCUT2D eigenvalue weighted by Gasteiger charge is 2.07. The third-order valence-corrected chi connectivity index (χ3v) is 3.23. The smallest absolute Gasteiger partial charge is 0.227 e.